The Labute approximate surface area is 127 Å². The molecule has 0 radical (unpaired) electrons. The Hall–Kier alpha value is -1.14. The number of carbonyl (C=O) groups is 2. The molecule has 0 aromatic rings. The van der Waals surface area contributed by atoms with Crippen LogP contribution in [0.5, 0.6) is 0 Å². The van der Waals surface area contributed by atoms with Crippen LogP contribution in [-0.4, -0.2) is 54.6 Å². The number of ether oxygens (including phenoxy) is 1. The molecule has 6 heteroatoms. The molecule has 1 fully saturated rings. The summed E-state index contributed by atoms with van der Waals surface area (Å²) in [4.78, 5) is 25.9. The van der Waals surface area contributed by atoms with Gasteiger partial charge in [0.15, 0.2) is 0 Å². The first-order chi connectivity index (χ1) is 9.74. The van der Waals surface area contributed by atoms with Gasteiger partial charge in [0.2, 0.25) is 11.8 Å². The van der Waals surface area contributed by atoms with Gasteiger partial charge in [0.1, 0.15) is 5.54 Å². The molecule has 0 aromatic carbocycles. The van der Waals surface area contributed by atoms with E-state index in [1.54, 1.807) is 4.90 Å². The predicted molar refractivity (Wildman–Crippen MR) is 81.7 cm³/mol. The molecule has 2 atom stereocenters. The number of rotatable bonds is 7. The van der Waals surface area contributed by atoms with Gasteiger partial charge in [0.25, 0.3) is 0 Å². The first kappa shape index (κ1) is 17.9. The predicted octanol–water partition coefficient (Wildman–Crippen LogP) is 0.504. The summed E-state index contributed by atoms with van der Waals surface area (Å²) in [7, 11) is 0. The van der Waals surface area contributed by atoms with Crippen molar-refractivity contribution in [2.45, 2.75) is 52.7 Å². The van der Waals surface area contributed by atoms with E-state index in [0.29, 0.717) is 26.1 Å². The SMILES string of the molecule is CCOC1CC(N)(C(=O)NCC(=O)N(CC)CC)C1(C)C. The number of nitrogens with one attached hydrogen (secondary N) is 1. The minimum absolute atomic E-state index is 0.00511. The topological polar surface area (TPSA) is 84.7 Å². The summed E-state index contributed by atoms with van der Waals surface area (Å²) in [5, 5.41) is 2.68. The van der Waals surface area contributed by atoms with Crippen LogP contribution in [0.25, 0.3) is 0 Å². The molecule has 0 bridgehead atoms. The van der Waals surface area contributed by atoms with Crippen LogP contribution in [0.3, 0.4) is 0 Å². The van der Waals surface area contributed by atoms with Crippen LogP contribution in [-0.2, 0) is 14.3 Å². The monoisotopic (exact) mass is 299 g/mol. The van der Waals surface area contributed by atoms with Crippen LogP contribution in [0.15, 0.2) is 0 Å². The van der Waals surface area contributed by atoms with Crippen LogP contribution in [0.4, 0.5) is 0 Å². The molecular formula is C15H29N3O3. The zero-order chi connectivity index (χ0) is 16.3. The maximum absolute atomic E-state index is 12.4. The van der Waals surface area contributed by atoms with Crippen molar-refractivity contribution in [3.05, 3.63) is 0 Å². The van der Waals surface area contributed by atoms with E-state index in [4.69, 9.17) is 10.5 Å². The van der Waals surface area contributed by atoms with Gasteiger partial charge in [0, 0.05) is 31.5 Å². The van der Waals surface area contributed by atoms with Gasteiger partial charge in [-0.25, -0.2) is 0 Å². The van der Waals surface area contributed by atoms with E-state index in [-0.39, 0.29) is 24.5 Å². The summed E-state index contributed by atoms with van der Waals surface area (Å²) in [6.07, 6.45) is 0.468. The molecule has 0 spiro atoms. The summed E-state index contributed by atoms with van der Waals surface area (Å²) in [5.41, 5.74) is 4.84. The average Bonchev–Trinajstić information content (AvgIpc) is 2.45. The van der Waals surface area contributed by atoms with E-state index in [2.05, 4.69) is 5.32 Å². The summed E-state index contributed by atoms with van der Waals surface area (Å²) >= 11 is 0. The van der Waals surface area contributed by atoms with Gasteiger partial charge < -0.3 is 20.7 Å². The Balaban J connectivity index is 2.59. The molecule has 1 saturated carbocycles. The van der Waals surface area contributed by atoms with Gasteiger partial charge in [-0.05, 0) is 20.8 Å². The first-order valence-electron chi connectivity index (χ1n) is 7.71. The zero-order valence-corrected chi connectivity index (χ0v) is 13.9. The quantitative estimate of drug-likeness (QED) is 0.717. The van der Waals surface area contributed by atoms with Crippen LogP contribution >= 0.6 is 0 Å². The molecule has 21 heavy (non-hydrogen) atoms. The lowest BCUT2D eigenvalue weighted by molar-refractivity contribution is -0.171. The molecule has 2 amide bonds. The van der Waals surface area contributed by atoms with Gasteiger partial charge >= 0.3 is 0 Å². The summed E-state index contributed by atoms with van der Waals surface area (Å²) in [5.74, 6) is -0.362. The van der Waals surface area contributed by atoms with Crippen molar-refractivity contribution in [1.82, 2.24) is 10.2 Å². The highest BCUT2D eigenvalue weighted by atomic mass is 16.5. The van der Waals surface area contributed by atoms with Crippen LogP contribution < -0.4 is 11.1 Å². The van der Waals surface area contributed by atoms with Crippen molar-refractivity contribution in [3.63, 3.8) is 0 Å². The van der Waals surface area contributed by atoms with Crippen molar-refractivity contribution >= 4 is 11.8 Å². The highest BCUT2D eigenvalue weighted by Crippen LogP contribution is 2.49. The fourth-order valence-corrected chi connectivity index (χ4v) is 2.82. The second-order valence-electron chi connectivity index (χ2n) is 6.09. The third-order valence-corrected chi connectivity index (χ3v) is 4.75. The lowest BCUT2D eigenvalue weighted by Crippen LogP contribution is -2.76. The molecule has 1 rings (SSSR count). The number of hydrogen-bond donors (Lipinski definition) is 2. The summed E-state index contributed by atoms with van der Waals surface area (Å²) < 4.78 is 5.60. The lowest BCUT2D eigenvalue weighted by atomic mass is 9.54. The number of amides is 2. The third-order valence-electron chi connectivity index (χ3n) is 4.75. The van der Waals surface area contributed by atoms with Gasteiger partial charge in [-0.2, -0.15) is 0 Å². The molecular weight excluding hydrogens is 270 g/mol. The number of hydrogen-bond acceptors (Lipinski definition) is 4. The molecule has 6 nitrogen and oxygen atoms in total. The van der Waals surface area contributed by atoms with Gasteiger partial charge in [-0.15, -0.1) is 0 Å². The molecule has 0 aromatic heterocycles. The second kappa shape index (κ2) is 6.75. The van der Waals surface area contributed by atoms with Gasteiger partial charge in [-0.3, -0.25) is 9.59 Å². The Morgan fingerprint density at radius 1 is 1.29 bits per heavy atom. The van der Waals surface area contributed by atoms with Crippen molar-refractivity contribution < 1.29 is 14.3 Å². The van der Waals surface area contributed by atoms with Gasteiger partial charge in [0.05, 0.1) is 12.6 Å². The smallest absolute Gasteiger partial charge is 0.241 e. The number of nitrogens with two attached hydrogens (primary N) is 1. The maximum atomic E-state index is 12.4. The van der Waals surface area contributed by atoms with Crippen LogP contribution in [0.2, 0.25) is 0 Å². The largest absolute Gasteiger partial charge is 0.378 e. The molecule has 3 N–H and O–H groups in total. The van der Waals surface area contributed by atoms with Gasteiger partial charge in [-0.1, -0.05) is 13.8 Å². The van der Waals surface area contributed by atoms with Crippen molar-refractivity contribution in [3.8, 4) is 0 Å². The lowest BCUT2D eigenvalue weighted by Gasteiger charge is -2.57. The van der Waals surface area contributed by atoms with Crippen molar-refractivity contribution in [1.29, 1.82) is 0 Å². The van der Waals surface area contributed by atoms with E-state index in [1.165, 1.54) is 0 Å². The minimum atomic E-state index is -0.976. The van der Waals surface area contributed by atoms with E-state index in [9.17, 15) is 9.59 Å². The zero-order valence-electron chi connectivity index (χ0n) is 13.9. The Kier molecular flexibility index (Phi) is 5.75. The van der Waals surface area contributed by atoms with E-state index >= 15 is 0 Å². The first-order valence-corrected chi connectivity index (χ1v) is 7.71. The molecule has 1 aliphatic rings. The Morgan fingerprint density at radius 3 is 2.29 bits per heavy atom. The maximum Gasteiger partial charge on any atom is 0.241 e. The second-order valence-corrected chi connectivity index (χ2v) is 6.09. The van der Waals surface area contributed by atoms with E-state index in [1.807, 2.05) is 34.6 Å². The fourth-order valence-electron chi connectivity index (χ4n) is 2.82. The molecule has 0 heterocycles. The highest BCUT2D eigenvalue weighted by Gasteiger charge is 2.62. The molecule has 2 unspecified atom stereocenters. The highest BCUT2D eigenvalue weighted by molar-refractivity contribution is 5.92. The van der Waals surface area contributed by atoms with Crippen molar-refractivity contribution in [2.75, 3.05) is 26.2 Å². The molecule has 122 valence electrons. The number of nitrogens with zero attached hydrogens (tertiary/aromatic N) is 1. The van der Waals surface area contributed by atoms with Crippen LogP contribution in [0, 0.1) is 5.41 Å². The molecule has 1 aliphatic carbocycles. The normalized spacial score (nSPS) is 26.9. The molecule has 0 aliphatic heterocycles. The Bertz CT molecular complexity index is 394. The van der Waals surface area contributed by atoms with E-state index in [0.717, 1.165) is 0 Å². The number of carbonyl (C=O) groups excluding carboxylic acids is 2. The summed E-state index contributed by atoms with van der Waals surface area (Å²) in [6.45, 7) is 11.5. The standard InChI is InChI=1S/C15H29N3O3/c1-6-18(7-2)12(19)10-17-13(20)15(16)9-11(21-8-3)14(15,4)5/h11H,6-10,16H2,1-5H3,(H,17,20). The minimum Gasteiger partial charge on any atom is -0.378 e. The van der Waals surface area contributed by atoms with E-state index < -0.39 is 11.0 Å². The molecule has 0 saturated heterocycles. The fraction of sp³-hybridized carbons (Fsp3) is 0.867. The van der Waals surface area contributed by atoms with Crippen molar-refractivity contribution in [2.24, 2.45) is 11.1 Å². The Morgan fingerprint density at radius 2 is 1.86 bits per heavy atom. The average molecular weight is 299 g/mol. The number of likely N-dealkylation sites (N-methyl/N-ethyl adjacent to an activating group) is 1. The summed E-state index contributed by atoms with van der Waals surface area (Å²) in [6, 6.07) is 0. The van der Waals surface area contributed by atoms with Crippen LogP contribution in [0.1, 0.15) is 41.0 Å². The third kappa shape index (κ3) is 3.21.